The van der Waals surface area contributed by atoms with Crippen LogP contribution in [0.5, 0.6) is 0 Å². The third-order valence-electron chi connectivity index (χ3n) is 2.68. The number of nitrogens with zero attached hydrogens (tertiary/aromatic N) is 2. The molecule has 84 valence electrons. The van der Waals surface area contributed by atoms with E-state index in [9.17, 15) is 0 Å². The van der Waals surface area contributed by atoms with Gasteiger partial charge in [-0.25, -0.2) is 0 Å². The number of rotatable bonds is 4. The van der Waals surface area contributed by atoms with Gasteiger partial charge in [-0.15, -0.1) is 10.2 Å². The van der Waals surface area contributed by atoms with Crippen LogP contribution >= 0.6 is 39.0 Å². The van der Waals surface area contributed by atoms with E-state index < -0.39 is 0 Å². The van der Waals surface area contributed by atoms with Crippen molar-refractivity contribution in [2.75, 3.05) is 24.3 Å². The average molecular weight is 309 g/mol. The summed E-state index contributed by atoms with van der Waals surface area (Å²) in [6.07, 6.45) is 2.29. The molecule has 1 aliphatic rings. The van der Waals surface area contributed by atoms with Gasteiger partial charge in [-0.05, 0) is 18.3 Å². The lowest BCUT2D eigenvalue weighted by Crippen LogP contribution is -2.33. The predicted molar refractivity (Wildman–Crippen MR) is 66.9 cm³/mol. The Morgan fingerprint density at radius 2 is 2.33 bits per heavy atom. The van der Waals surface area contributed by atoms with Crippen LogP contribution in [0.25, 0.3) is 0 Å². The summed E-state index contributed by atoms with van der Waals surface area (Å²) in [5.41, 5.74) is 2.17. The third kappa shape index (κ3) is 3.15. The molecule has 6 heteroatoms. The van der Waals surface area contributed by atoms with Crippen molar-refractivity contribution >= 4 is 39.0 Å². The molecule has 1 aromatic heterocycles. The Bertz CT molecular complexity index is 288. The van der Waals surface area contributed by atoms with Crippen molar-refractivity contribution < 1.29 is 4.74 Å². The summed E-state index contributed by atoms with van der Waals surface area (Å²) in [7, 11) is 0. The summed E-state index contributed by atoms with van der Waals surface area (Å²) in [5.74, 6) is 1.11. The number of hydrogen-bond acceptors (Lipinski definition) is 5. The van der Waals surface area contributed by atoms with Crippen molar-refractivity contribution in [3.8, 4) is 0 Å². The number of alkyl halides is 1. The van der Waals surface area contributed by atoms with Crippen molar-refractivity contribution in [3.63, 3.8) is 0 Å². The van der Waals surface area contributed by atoms with E-state index in [-0.39, 0.29) is 0 Å². The molecule has 0 amide bonds. The number of halogens is 1. The molecule has 15 heavy (non-hydrogen) atoms. The van der Waals surface area contributed by atoms with Crippen LogP contribution in [0.1, 0.15) is 12.8 Å². The Hall–Kier alpha value is 0.350. The Morgan fingerprint density at radius 1 is 1.53 bits per heavy atom. The molecular weight excluding hydrogens is 296 g/mol. The van der Waals surface area contributed by atoms with E-state index in [2.05, 4.69) is 26.1 Å². The normalized spacial score (nSPS) is 20.3. The highest BCUT2D eigenvalue weighted by Crippen LogP contribution is 2.38. The molecule has 0 saturated carbocycles. The van der Waals surface area contributed by atoms with Gasteiger partial charge in [0.15, 0.2) is 4.34 Å². The van der Waals surface area contributed by atoms with E-state index in [4.69, 9.17) is 4.74 Å². The SMILES string of the molecule is BrCC1(CSc2nncs2)CCOCC1. The van der Waals surface area contributed by atoms with Crippen molar-refractivity contribution in [3.05, 3.63) is 5.51 Å². The molecule has 3 nitrogen and oxygen atoms in total. The van der Waals surface area contributed by atoms with Crippen LogP contribution in [0.4, 0.5) is 0 Å². The van der Waals surface area contributed by atoms with E-state index >= 15 is 0 Å². The summed E-state index contributed by atoms with van der Waals surface area (Å²) < 4.78 is 6.48. The van der Waals surface area contributed by atoms with Crippen LogP contribution < -0.4 is 0 Å². The van der Waals surface area contributed by atoms with Gasteiger partial charge in [-0.2, -0.15) is 0 Å². The van der Waals surface area contributed by atoms with Crippen LogP contribution in [0.15, 0.2) is 9.85 Å². The molecule has 0 atom stereocenters. The Kier molecular flexibility index (Phi) is 4.42. The Morgan fingerprint density at radius 3 is 2.93 bits per heavy atom. The molecule has 2 heterocycles. The molecule has 1 fully saturated rings. The highest BCUT2D eigenvalue weighted by Gasteiger charge is 2.31. The highest BCUT2D eigenvalue weighted by molar-refractivity contribution is 9.09. The second kappa shape index (κ2) is 5.61. The maximum Gasteiger partial charge on any atom is 0.174 e. The minimum absolute atomic E-state index is 0.384. The largest absolute Gasteiger partial charge is 0.381 e. The van der Waals surface area contributed by atoms with Gasteiger partial charge in [0.05, 0.1) is 0 Å². The van der Waals surface area contributed by atoms with Gasteiger partial charge < -0.3 is 4.74 Å². The average Bonchev–Trinajstić information content (AvgIpc) is 2.81. The van der Waals surface area contributed by atoms with Gasteiger partial charge in [0.2, 0.25) is 0 Å². The van der Waals surface area contributed by atoms with Gasteiger partial charge in [0.1, 0.15) is 5.51 Å². The fourth-order valence-electron chi connectivity index (χ4n) is 1.56. The van der Waals surface area contributed by atoms with E-state index in [1.807, 2.05) is 11.8 Å². The first-order valence-corrected chi connectivity index (χ1v) is 7.86. The van der Waals surface area contributed by atoms with E-state index in [0.29, 0.717) is 5.41 Å². The van der Waals surface area contributed by atoms with E-state index in [0.717, 1.165) is 41.5 Å². The molecule has 0 spiro atoms. The molecule has 0 aliphatic carbocycles. The van der Waals surface area contributed by atoms with Gasteiger partial charge in [-0.3, -0.25) is 0 Å². The Balaban J connectivity index is 1.89. The van der Waals surface area contributed by atoms with Gasteiger partial charge in [0, 0.05) is 24.3 Å². The maximum absolute atomic E-state index is 5.41. The fourth-order valence-corrected chi connectivity index (χ4v) is 4.37. The summed E-state index contributed by atoms with van der Waals surface area (Å²) in [4.78, 5) is 0. The zero-order chi connectivity index (χ0) is 10.6. The standard InChI is InChI=1S/C9H13BrN2OS2/c10-5-9(1-3-13-4-2-9)6-14-8-12-11-7-15-8/h7H,1-6H2. The van der Waals surface area contributed by atoms with Gasteiger partial charge in [-0.1, -0.05) is 39.0 Å². The molecule has 0 unspecified atom stereocenters. The van der Waals surface area contributed by atoms with Gasteiger partial charge >= 0.3 is 0 Å². The zero-order valence-corrected chi connectivity index (χ0v) is 11.5. The predicted octanol–water partition coefficient (Wildman–Crippen LogP) is 2.82. The molecule has 1 saturated heterocycles. The summed E-state index contributed by atoms with van der Waals surface area (Å²) in [6.45, 7) is 1.78. The van der Waals surface area contributed by atoms with Crippen molar-refractivity contribution in [1.29, 1.82) is 0 Å². The van der Waals surface area contributed by atoms with Crippen LogP contribution in [0.2, 0.25) is 0 Å². The van der Waals surface area contributed by atoms with Crippen LogP contribution in [-0.2, 0) is 4.74 Å². The number of ether oxygens (including phenoxy) is 1. The molecular formula is C9H13BrN2OS2. The summed E-state index contributed by atoms with van der Waals surface area (Å²) >= 11 is 7.06. The zero-order valence-electron chi connectivity index (χ0n) is 8.32. The molecule has 1 aromatic rings. The lowest BCUT2D eigenvalue weighted by molar-refractivity contribution is 0.0374. The maximum atomic E-state index is 5.41. The lowest BCUT2D eigenvalue weighted by atomic mass is 9.85. The highest BCUT2D eigenvalue weighted by atomic mass is 79.9. The molecule has 0 N–H and O–H groups in total. The van der Waals surface area contributed by atoms with Crippen molar-refractivity contribution in [2.45, 2.75) is 17.2 Å². The second-order valence-corrected chi connectivity index (χ2v) is 6.36. The minimum atomic E-state index is 0.384. The molecule has 0 radical (unpaired) electrons. The Labute approximate surface area is 106 Å². The lowest BCUT2D eigenvalue weighted by Gasteiger charge is -2.34. The first kappa shape index (κ1) is 11.8. The third-order valence-corrected chi connectivity index (χ3v) is 6.08. The van der Waals surface area contributed by atoms with E-state index in [1.165, 1.54) is 0 Å². The van der Waals surface area contributed by atoms with Crippen molar-refractivity contribution in [1.82, 2.24) is 10.2 Å². The molecule has 0 aromatic carbocycles. The second-order valence-electron chi connectivity index (χ2n) is 3.74. The fraction of sp³-hybridized carbons (Fsp3) is 0.778. The smallest absolute Gasteiger partial charge is 0.174 e. The van der Waals surface area contributed by atoms with Crippen molar-refractivity contribution in [2.24, 2.45) is 5.41 Å². The van der Waals surface area contributed by atoms with E-state index in [1.54, 1.807) is 16.8 Å². The van der Waals surface area contributed by atoms with Crippen LogP contribution in [0, 0.1) is 5.41 Å². The van der Waals surface area contributed by atoms with Crippen LogP contribution in [-0.4, -0.2) is 34.5 Å². The number of thioether (sulfide) groups is 1. The summed E-state index contributed by atoms with van der Waals surface area (Å²) in [6, 6.07) is 0. The molecule has 2 rings (SSSR count). The monoisotopic (exact) mass is 308 g/mol. The first-order valence-electron chi connectivity index (χ1n) is 4.87. The van der Waals surface area contributed by atoms with Crippen LogP contribution in [0.3, 0.4) is 0 Å². The number of aromatic nitrogens is 2. The quantitative estimate of drug-likeness (QED) is 0.633. The minimum Gasteiger partial charge on any atom is -0.381 e. The topological polar surface area (TPSA) is 35.0 Å². The van der Waals surface area contributed by atoms with Gasteiger partial charge in [0.25, 0.3) is 0 Å². The number of hydrogen-bond donors (Lipinski definition) is 0. The summed E-state index contributed by atoms with van der Waals surface area (Å²) in [5, 5.41) is 8.95. The first-order chi connectivity index (χ1) is 7.35. The molecule has 0 bridgehead atoms. The molecule has 1 aliphatic heterocycles.